The van der Waals surface area contributed by atoms with Crippen molar-refractivity contribution in [3.8, 4) is 0 Å². The molecule has 0 bridgehead atoms. The average molecular weight is 322 g/mol. The Bertz CT molecular complexity index is 587. The number of nitrogens with one attached hydrogen (secondary N) is 1. The third kappa shape index (κ3) is 3.54. The fraction of sp³-hybridized carbons (Fsp3) is 0.588. The second kappa shape index (κ2) is 6.55. The van der Waals surface area contributed by atoms with Gasteiger partial charge in [0.25, 0.3) is 0 Å². The first kappa shape index (κ1) is 16.4. The highest BCUT2D eigenvalue weighted by atomic mass is 19.1. The van der Waals surface area contributed by atoms with Crippen molar-refractivity contribution in [3.05, 3.63) is 29.6 Å². The molecule has 1 spiro atoms. The molecule has 2 atom stereocenters. The van der Waals surface area contributed by atoms with Crippen molar-refractivity contribution in [2.75, 3.05) is 31.6 Å². The van der Waals surface area contributed by atoms with Gasteiger partial charge < -0.3 is 15.2 Å². The Morgan fingerprint density at radius 2 is 2.35 bits per heavy atom. The van der Waals surface area contributed by atoms with Crippen LogP contribution in [-0.4, -0.2) is 53.9 Å². The number of hydrogen-bond acceptors (Lipinski definition) is 4. The van der Waals surface area contributed by atoms with Crippen molar-refractivity contribution in [2.45, 2.75) is 37.9 Å². The second-order valence-electron chi connectivity index (χ2n) is 6.53. The van der Waals surface area contributed by atoms with E-state index in [9.17, 15) is 14.3 Å². The molecule has 126 valence electrons. The molecule has 2 heterocycles. The Hall–Kier alpha value is -1.50. The van der Waals surface area contributed by atoms with Crippen LogP contribution in [0, 0.1) is 12.7 Å². The lowest BCUT2D eigenvalue weighted by Gasteiger charge is -2.42. The number of carbonyl (C=O) groups is 1. The fourth-order valence-electron chi connectivity index (χ4n) is 3.46. The summed E-state index contributed by atoms with van der Waals surface area (Å²) in [6.45, 7) is 3.85. The highest BCUT2D eigenvalue weighted by Gasteiger charge is 2.45. The molecule has 2 N–H and O–H groups in total. The summed E-state index contributed by atoms with van der Waals surface area (Å²) >= 11 is 0. The van der Waals surface area contributed by atoms with Crippen molar-refractivity contribution in [1.82, 2.24) is 4.90 Å². The molecule has 2 aliphatic heterocycles. The van der Waals surface area contributed by atoms with Gasteiger partial charge in [0.15, 0.2) is 0 Å². The number of anilines is 1. The summed E-state index contributed by atoms with van der Waals surface area (Å²) in [6, 6.07) is 4.32. The first-order valence-corrected chi connectivity index (χ1v) is 8.09. The number of rotatable bonds is 3. The summed E-state index contributed by atoms with van der Waals surface area (Å²) in [5, 5.41) is 13.1. The van der Waals surface area contributed by atoms with Crippen LogP contribution in [0.4, 0.5) is 10.1 Å². The number of β-amino-alcohol motifs (C(OH)–C–C–N with tert-alkyl or cyclic N) is 1. The molecule has 0 aliphatic carbocycles. The van der Waals surface area contributed by atoms with E-state index in [1.807, 2.05) is 11.8 Å². The molecule has 0 unspecified atom stereocenters. The quantitative estimate of drug-likeness (QED) is 0.889. The van der Waals surface area contributed by atoms with E-state index in [4.69, 9.17) is 4.74 Å². The number of halogens is 1. The third-order valence-corrected chi connectivity index (χ3v) is 4.86. The van der Waals surface area contributed by atoms with Crippen LogP contribution in [0.15, 0.2) is 18.2 Å². The predicted molar refractivity (Wildman–Crippen MR) is 84.7 cm³/mol. The van der Waals surface area contributed by atoms with Gasteiger partial charge in [0, 0.05) is 25.4 Å². The number of hydrogen-bond donors (Lipinski definition) is 2. The third-order valence-electron chi connectivity index (χ3n) is 4.86. The summed E-state index contributed by atoms with van der Waals surface area (Å²) in [7, 11) is 0. The number of ether oxygens (including phenoxy) is 1. The van der Waals surface area contributed by atoms with Crippen molar-refractivity contribution in [2.24, 2.45) is 0 Å². The Labute approximate surface area is 135 Å². The van der Waals surface area contributed by atoms with Crippen LogP contribution in [0.1, 0.15) is 24.8 Å². The highest BCUT2D eigenvalue weighted by molar-refractivity contribution is 5.92. The van der Waals surface area contributed by atoms with E-state index in [0.29, 0.717) is 25.4 Å². The molecule has 2 aliphatic rings. The summed E-state index contributed by atoms with van der Waals surface area (Å²) < 4.78 is 19.0. The van der Waals surface area contributed by atoms with Crippen LogP contribution in [0.2, 0.25) is 0 Å². The van der Waals surface area contributed by atoms with Crippen molar-refractivity contribution < 1.29 is 19.0 Å². The first-order valence-electron chi connectivity index (χ1n) is 8.09. The maximum absolute atomic E-state index is 13.3. The molecule has 0 saturated carbocycles. The minimum atomic E-state index is -0.567. The van der Waals surface area contributed by atoms with Gasteiger partial charge in [-0.15, -0.1) is 0 Å². The van der Waals surface area contributed by atoms with E-state index >= 15 is 0 Å². The molecule has 5 nitrogen and oxygen atoms in total. The summed E-state index contributed by atoms with van der Waals surface area (Å²) in [5.41, 5.74) is 0.895. The van der Waals surface area contributed by atoms with Crippen molar-refractivity contribution in [1.29, 1.82) is 0 Å². The van der Waals surface area contributed by atoms with Crippen LogP contribution >= 0.6 is 0 Å². The number of aliphatic hydroxyl groups is 1. The Morgan fingerprint density at radius 1 is 1.52 bits per heavy atom. The molecular weight excluding hydrogens is 299 g/mol. The smallest absolute Gasteiger partial charge is 0.238 e. The van der Waals surface area contributed by atoms with Crippen LogP contribution in [-0.2, 0) is 9.53 Å². The molecule has 6 heteroatoms. The van der Waals surface area contributed by atoms with Crippen LogP contribution in [0.25, 0.3) is 0 Å². The zero-order valence-electron chi connectivity index (χ0n) is 13.3. The van der Waals surface area contributed by atoms with E-state index in [2.05, 4.69) is 5.32 Å². The van der Waals surface area contributed by atoms with Gasteiger partial charge in [0.2, 0.25) is 5.91 Å². The number of carbonyl (C=O) groups excluding carboxylic acids is 1. The van der Waals surface area contributed by atoms with Crippen LogP contribution < -0.4 is 5.32 Å². The Balaban J connectivity index is 1.55. The standard InChI is InChI=1S/C17H23FN2O3/c1-12-3-4-13(18)9-14(12)19-16(22)11-20-7-6-17(15(21)10-20)5-2-8-23-17/h3-4,9,15,21H,2,5-8,10-11H2,1H3,(H,19,22)/t15-,17-/m0/s1. The maximum Gasteiger partial charge on any atom is 0.238 e. The number of piperidine rings is 1. The number of likely N-dealkylation sites (tertiary alicyclic amines) is 1. The molecule has 1 amide bonds. The van der Waals surface area contributed by atoms with Gasteiger partial charge >= 0.3 is 0 Å². The van der Waals surface area contributed by atoms with Gasteiger partial charge in [-0.3, -0.25) is 9.69 Å². The lowest BCUT2D eigenvalue weighted by atomic mass is 9.86. The Morgan fingerprint density at radius 3 is 3.04 bits per heavy atom. The highest BCUT2D eigenvalue weighted by Crippen LogP contribution is 2.35. The zero-order chi connectivity index (χ0) is 16.4. The van der Waals surface area contributed by atoms with Gasteiger partial charge in [-0.2, -0.15) is 0 Å². The van der Waals surface area contributed by atoms with Gasteiger partial charge in [0.1, 0.15) is 5.82 Å². The molecular formula is C17H23FN2O3. The lowest BCUT2D eigenvalue weighted by Crippen LogP contribution is -2.56. The predicted octanol–water partition coefficient (Wildman–Crippen LogP) is 1.69. The van der Waals surface area contributed by atoms with Crippen LogP contribution in [0.3, 0.4) is 0 Å². The normalized spacial score (nSPS) is 28.2. The number of benzene rings is 1. The monoisotopic (exact) mass is 322 g/mol. The summed E-state index contributed by atoms with van der Waals surface area (Å²) in [4.78, 5) is 14.1. The number of amides is 1. The van der Waals surface area contributed by atoms with Gasteiger partial charge in [-0.1, -0.05) is 6.07 Å². The summed E-state index contributed by atoms with van der Waals surface area (Å²) in [5.74, 6) is -0.575. The second-order valence-corrected chi connectivity index (χ2v) is 6.53. The minimum absolute atomic E-state index is 0.184. The van der Waals surface area contributed by atoms with Gasteiger partial charge in [0.05, 0.1) is 18.2 Å². The van der Waals surface area contributed by atoms with E-state index in [0.717, 1.165) is 24.8 Å². The lowest BCUT2D eigenvalue weighted by molar-refractivity contribution is -0.135. The van der Waals surface area contributed by atoms with Gasteiger partial charge in [-0.25, -0.2) is 4.39 Å². The molecule has 3 rings (SSSR count). The molecule has 2 saturated heterocycles. The molecule has 1 aromatic carbocycles. The molecule has 2 fully saturated rings. The largest absolute Gasteiger partial charge is 0.389 e. The zero-order valence-corrected chi connectivity index (χ0v) is 13.3. The molecule has 23 heavy (non-hydrogen) atoms. The van der Waals surface area contributed by atoms with E-state index < -0.39 is 11.7 Å². The molecule has 1 aromatic rings. The van der Waals surface area contributed by atoms with Crippen LogP contribution in [0.5, 0.6) is 0 Å². The van der Waals surface area contributed by atoms with Crippen molar-refractivity contribution >= 4 is 11.6 Å². The fourth-order valence-corrected chi connectivity index (χ4v) is 3.46. The Kier molecular flexibility index (Phi) is 4.66. The minimum Gasteiger partial charge on any atom is -0.389 e. The summed E-state index contributed by atoms with van der Waals surface area (Å²) in [6.07, 6.45) is 2.04. The topological polar surface area (TPSA) is 61.8 Å². The van der Waals surface area contributed by atoms with E-state index in [1.165, 1.54) is 12.1 Å². The maximum atomic E-state index is 13.3. The van der Waals surface area contributed by atoms with Gasteiger partial charge in [-0.05, 0) is 43.9 Å². The first-order chi connectivity index (χ1) is 11.0. The number of nitrogens with zero attached hydrogens (tertiary/aromatic N) is 1. The molecule has 0 radical (unpaired) electrons. The molecule has 0 aromatic heterocycles. The number of aryl methyl sites for hydroxylation is 1. The van der Waals surface area contributed by atoms with E-state index in [-0.39, 0.29) is 18.3 Å². The number of aliphatic hydroxyl groups excluding tert-OH is 1. The SMILES string of the molecule is Cc1ccc(F)cc1NC(=O)CN1CC[C@@]2(CCCO2)[C@@H](O)C1. The van der Waals surface area contributed by atoms with Crippen molar-refractivity contribution in [3.63, 3.8) is 0 Å². The van der Waals surface area contributed by atoms with E-state index in [1.54, 1.807) is 6.07 Å². The average Bonchev–Trinajstić information content (AvgIpc) is 2.97.